The maximum atomic E-state index is 13.7. The van der Waals surface area contributed by atoms with Gasteiger partial charge in [-0.25, -0.2) is 22.2 Å². The van der Waals surface area contributed by atoms with E-state index in [1.165, 1.54) is 61.5 Å². The Morgan fingerprint density at radius 1 is 1.02 bits per heavy atom. The number of fused-ring (bicyclic) bond motifs is 2. The Labute approximate surface area is 263 Å². The minimum Gasteiger partial charge on any atom is -0.471 e. The van der Waals surface area contributed by atoms with Gasteiger partial charge in [0.25, 0.3) is 11.8 Å². The number of ether oxygens (including phenoxy) is 1. The van der Waals surface area contributed by atoms with Gasteiger partial charge in [-0.15, -0.1) is 0 Å². The summed E-state index contributed by atoms with van der Waals surface area (Å²) >= 11 is 0. The molecule has 13 heteroatoms. The van der Waals surface area contributed by atoms with E-state index in [9.17, 15) is 26.8 Å². The topological polar surface area (TPSA) is 122 Å². The Kier molecular flexibility index (Phi) is 7.72. The van der Waals surface area contributed by atoms with Crippen molar-refractivity contribution in [3.05, 3.63) is 101 Å². The summed E-state index contributed by atoms with van der Waals surface area (Å²) in [5.41, 5.74) is 2.16. The lowest BCUT2D eigenvalue weighted by molar-refractivity contribution is 0.0394. The summed E-state index contributed by atoms with van der Waals surface area (Å²) in [7, 11) is -0.982. The van der Waals surface area contributed by atoms with Gasteiger partial charge < -0.3 is 14.5 Å². The van der Waals surface area contributed by atoms with Crippen LogP contribution < -0.4 is 14.4 Å². The van der Waals surface area contributed by atoms with Crippen LogP contribution in [0.5, 0.6) is 5.75 Å². The molecule has 0 fully saturated rings. The number of carbonyl (C=O) groups is 2. The normalized spacial score (nSPS) is 13.7. The van der Waals surface area contributed by atoms with Crippen molar-refractivity contribution in [2.45, 2.75) is 13.0 Å². The molecule has 1 N–H and O–H groups in total. The van der Waals surface area contributed by atoms with Crippen LogP contribution in [0.3, 0.4) is 0 Å². The zero-order chi connectivity index (χ0) is 32.9. The second-order valence-electron chi connectivity index (χ2n) is 10.8. The molecule has 236 valence electrons. The van der Waals surface area contributed by atoms with Crippen molar-refractivity contribution in [3.8, 4) is 28.3 Å². The molecule has 0 saturated carbocycles. The third kappa shape index (κ3) is 5.42. The summed E-state index contributed by atoms with van der Waals surface area (Å²) in [6.07, 6.45) is 1.04. The number of carbonyl (C=O) groups excluding carboxylic acids is 2. The maximum Gasteiger partial charge on any atom is 0.279 e. The number of pyridine rings is 1. The number of rotatable bonds is 7. The smallest absolute Gasteiger partial charge is 0.279 e. The van der Waals surface area contributed by atoms with Gasteiger partial charge in [-0.1, -0.05) is 12.1 Å². The lowest BCUT2D eigenvalue weighted by Crippen LogP contribution is -2.41. The summed E-state index contributed by atoms with van der Waals surface area (Å²) in [5.74, 6) is -1.39. The van der Waals surface area contributed by atoms with E-state index in [0.29, 0.717) is 16.5 Å². The number of hydrogen-bond acceptors (Lipinski definition) is 7. The third-order valence-corrected chi connectivity index (χ3v) is 9.17. The molecule has 1 atom stereocenters. The van der Waals surface area contributed by atoms with Crippen molar-refractivity contribution in [1.29, 1.82) is 0 Å². The van der Waals surface area contributed by atoms with E-state index in [1.807, 2.05) is 0 Å². The summed E-state index contributed by atoms with van der Waals surface area (Å²) in [4.78, 5) is 33.0. The summed E-state index contributed by atoms with van der Waals surface area (Å²) in [5, 5.41) is 2.94. The quantitative estimate of drug-likeness (QED) is 0.239. The minimum absolute atomic E-state index is 0.00325. The highest BCUT2D eigenvalue weighted by Gasteiger charge is 2.33. The average molecular weight is 647 g/mol. The highest BCUT2D eigenvalue weighted by atomic mass is 32.2. The number of benzene rings is 3. The number of furan rings is 1. The van der Waals surface area contributed by atoms with E-state index in [-0.39, 0.29) is 52.0 Å². The number of nitrogens with one attached hydrogen (secondary N) is 1. The van der Waals surface area contributed by atoms with E-state index < -0.39 is 39.5 Å². The molecule has 1 aliphatic rings. The molecular weight excluding hydrogens is 618 g/mol. The molecule has 6 rings (SSSR count). The molecule has 2 amide bonds. The Morgan fingerprint density at radius 2 is 1.67 bits per heavy atom. The summed E-state index contributed by atoms with van der Waals surface area (Å²) in [6.45, 7) is 1.73. The van der Waals surface area contributed by atoms with E-state index in [0.717, 1.165) is 10.6 Å². The highest BCUT2D eigenvalue weighted by molar-refractivity contribution is 7.92. The zero-order valence-corrected chi connectivity index (χ0v) is 26.0. The van der Waals surface area contributed by atoms with Gasteiger partial charge >= 0.3 is 0 Å². The van der Waals surface area contributed by atoms with Crippen molar-refractivity contribution < 1.29 is 35.9 Å². The molecule has 0 unspecified atom stereocenters. The molecule has 0 aliphatic carbocycles. The van der Waals surface area contributed by atoms with Crippen molar-refractivity contribution in [2.75, 3.05) is 31.4 Å². The van der Waals surface area contributed by atoms with E-state index in [2.05, 4.69) is 10.3 Å². The standard InChI is InChI=1S/C33H28F2N4O6S/c1-18(19-5-9-21(34)10-6-19)39-17-44-27-14-13-25(37-30(27)33(39)41)23-15-24-28(16-26(23)38(3)46(4,42)43)45-31(29(24)32(40)36-2)20-7-11-22(35)12-8-20/h5-16,18H,17H2,1-4H3,(H,36,40)/t18-/m1/s1. The number of anilines is 1. The molecule has 5 aromatic rings. The van der Waals surface area contributed by atoms with E-state index in [1.54, 1.807) is 37.3 Å². The van der Waals surface area contributed by atoms with Crippen LogP contribution in [-0.4, -0.2) is 57.2 Å². The van der Waals surface area contributed by atoms with Crippen LogP contribution in [0.25, 0.3) is 33.6 Å². The highest BCUT2D eigenvalue weighted by Crippen LogP contribution is 2.42. The molecule has 3 heterocycles. The van der Waals surface area contributed by atoms with Gasteiger partial charge in [0, 0.05) is 36.7 Å². The van der Waals surface area contributed by atoms with Gasteiger partial charge in [0.15, 0.2) is 18.2 Å². The van der Waals surface area contributed by atoms with Crippen molar-refractivity contribution in [2.24, 2.45) is 0 Å². The molecule has 3 aromatic carbocycles. The molecule has 0 radical (unpaired) electrons. The van der Waals surface area contributed by atoms with E-state index in [4.69, 9.17) is 9.15 Å². The van der Waals surface area contributed by atoms with E-state index >= 15 is 0 Å². The lowest BCUT2D eigenvalue weighted by atomic mass is 10.0. The minimum atomic E-state index is -3.80. The lowest BCUT2D eigenvalue weighted by Gasteiger charge is -2.33. The number of amides is 2. The van der Waals surface area contributed by atoms with Crippen LogP contribution in [0.4, 0.5) is 14.5 Å². The van der Waals surface area contributed by atoms with Gasteiger partial charge in [0.05, 0.1) is 29.2 Å². The molecule has 2 aromatic heterocycles. The van der Waals surface area contributed by atoms with Gasteiger partial charge in [0.2, 0.25) is 10.0 Å². The monoisotopic (exact) mass is 646 g/mol. The van der Waals surface area contributed by atoms with Gasteiger partial charge in [-0.2, -0.15) is 0 Å². The zero-order valence-electron chi connectivity index (χ0n) is 25.2. The van der Waals surface area contributed by atoms with Crippen LogP contribution in [0, 0.1) is 11.6 Å². The third-order valence-electron chi connectivity index (χ3n) is 7.98. The second kappa shape index (κ2) is 11.6. The molecular formula is C33H28F2N4O6S. The second-order valence-corrected chi connectivity index (χ2v) is 12.8. The number of aromatic nitrogens is 1. The first kappa shape index (κ1) is 30.7. The molecule has 0 saturated heterocycles. The van der Waals surface area contributed by atoms with Crippen LogP contribution in [-0.2, 0) is 10.0 Å². The first-order valence-electron chi connectivity index (χ1n) is 14.1. The fourth-order valence-electron chi connectivity index (χ4n) is 5.34. The van der Waals surface area contributed by atoms with Crippen LogP contribution in [0.1, 0.15) is 39.4 Å². The maximum absolute atomic E-state index is 13.7. The Bertz CT molecular complexity index is 2120. The predicted octanol–water partition coefficient (Wildman–Crippen LogP) is 5.75. The van der Waals surface area contributed by atoms with Crippen LogP contribution >= 0.6 is 0 Å². The Balaban J connectivity index is 1.52. The van der Waals surface area contributed by atoms with Gasteiger partial charge in [-0.3, -0.25) is 18.8 Å². The van der Waals surface area contributed by atoms with Gasteiger partial charge in [0.1, 0.15) is 23.0 Å². The molecule has 46 heavy (non-hydrogen) atoms. The molecule has 10 nitrogen and oxygen atoms in total. The van der Waals surface area contributed by atoms with Crippen molar-refractivity contribution in [3.63, 3.8) is 0 Å². The molecule has 1 aliphatic heterocycles. The number of halogens is 2. The predicted molar refractivity (Wildman–Crippen MR) is 168 cm³/mol. The van der Waals surface area contributed by atoms with Crippen molar-refractivity contribution in [1.82, 2.24) is 15.2 Å². The summed E-state index contributed by atoms with van der Waals surface area (Å²) < 4.78 is 65.8. The number of hydrogen-bond donors (Lipinski definition) is 1. The number of nitrogens with zero attached hydrogens (tertiary/aromatic N) is 3. The summed E-state index contributed by atoms with van der Waals surface area (Å²) in [6, 6.07) is 17.0. The SMILES string of the molecule is CNC(=O)c1c(-c2ccc(F)cc2)oc2cc(N(C)S(C)(=O)=O)c(-c3ccc4c(n3)C(=O)N([C@H](C)c3ccc(F)cc3)CO4)cc12. The Morgan fingerprint density at radius 3 is 2.30 bits per heavy atom. The fraction of sp³-hybridized carbons (Fsp3) is 0.182. The number of sulfonamides is 1. The largest absolute Gasteiger partial charge is 0.471 e. The fourth-order valence-corrected chi connectivity index (χ4v) is 5.85. The average Bonchev–Trinajstić information content (AvgIpc) is 3.42. The molecule has 0 spiro atoms. The van der Waals surface area contributed by atoms with Crippen LogP contribution in [0.2, 0.25) is 0 Å². The van der Waals surface area contributed by atoms with Gasteiger partial charge in [-0.05, 0) is 67.1 Å². The Hall–Kier alpha value is -5.30. The molecule has 0 bridgehead atoms. The first-order chi connectivity index (χ1) is 21.9. The van der Waals surface area contributed by atoms with Crippen LogP contribution in [0.15, 0.2) is 77.2 Å². The van der Waals surface area contributed by atoms with Crippen molar-refractivity contribution >= 4 is 38.5 Å². The first-order valence-corrected chi connectivity index (χ1v) is 15.9.